The van der Waals surface area contributed by atoms with Crippen LogP contribution in [-0.2, 0) is 14.3 Å². The summed E-state index contributed by atoms with van der Waals surface area (Å²) in [5.41, 5.74) is -1.08. The van der Waals surface area contributed by atoms with E-state index in [1.807, 2.05) is 0 Å². The van der Waals surface area contributed by atoms with Crippen LogP contribution >= 0.6 is 0 Å². The number of carboxylic acid groups (broad SMARTS) is 1. The van der Waals surface area contributed by atoms with E-state index in [0.29, 0.717) is 6.42 Å². The van der Waals surface area contributed by atoms with Gasteiger partial charge < -0.3 is 20.3 Å². The Morgan fingerprint density at radius 1 is 1.50 bits per heavy atom. The van der Waals surface area contributed by atoms with E-state index >= 15 is 0 Å². The number of amides is 1. The number of carbonyl (C=O) groups is 2. The molecule has 0 aromatic heterocycles. The van der Waals surface area contributed by atoms with Crippen LogP contribution in [0.3, 0.4) is 0 Å². The molecule has 1 amide bonds. The summed E-state index contributed by atoms with van der Waals surface area (Å²) in [4.78, 5) is 22.5. The van der Waals surface area contributed by atoms with Gasteiger partial charge in [0.1, 0.15) is 5.60 Å². The summed E-state index contributed by atoms with van der Waals surface area (Å²) in [6.45, 7) is 4.61. The summed E-state index contributed by atoms with van der Waals surface area (Å²) in [6.07, 6.45) is -0.763. The van der Waals surface area contributed by atoms with Gasteiger partial charge in [0.15, 0.2) is 6.04 Å². The van der Waals surface area contributed by atoms with Gasteiger partial charge in [0.2, 0.25) is 0 Å². The molecule has 94 valence electrons. The second-order valence-electron chi connectivity index (χ2n) is 3.82. The molecule has 3 atom stereocenters. The first-order valence-corrected chi connectivity index (χ1v) is 5.05. The highest BCUT2D eigenvalue weighted by molar-refractivity contribution is 5.89. The molecule has 3 unspecified atom stereocenters. The van der Waals surface area contributed by atoms with Gasteiger partial charge in [0.25, 0.3) is 5.91 Å². The van der Waals surface area contributed by atoms with E-state index in [0.717, 1.165) is 0 Å². The molecule has 0 saturated heterocycles. The molecule has 6 heteroatoms. The number of aliphatic hydroxyl groups excluding tert-OH is 1. The number of hydrogen-bond acceptors (Lipinski definition) is 4. The second-order valence-corrected chi connectivity index (χ2v) is 3.82. The minimum atomic E-state index is -1.33. The molecule has 0 aliphatic rings. The minimum absolute atomic E-state index is 0.404. The van der Waals surface area contributed by atoms with Crippen LogP contribution in [0.15, 0.2) is 0 Å². The van der Waals surface area contributed by atoms with Crippen molar-refractivity contribution in [3.05, 3.63) is 0 Å². The number of aliphatic hydroxyl groups is 1. The third-order valence-electron chi connectivity index (χ3n) is 2.64. The van der Waals surface area contributed by atoms with Crippen LogP contribution < -0.4 is 5.32 Å². The van der Waals surface area contributed by atoms with E-state index in [1.165, 1.54) is 14.0 Å². The predicted molar refractivity (Wildman–Crippen MR) is 57.0 cm³/mol. The molecule has 0 bridgehead atoms. The van der Waals surface area contributed by atoms with Gasteiger partial charge >= 0.3 is 5.97 Å². The molecule has 0 spiro atoms. The lowest BCUT2D eigenvalue weighted by Crippen LogP contribution is -2.55. The van der Waals surface area contributed by atoms with Crippen molar-refractivity contribution in [2.24, 2.45) is 0 Å². The number of aliphatic carboxylic acids is 1. The molecule has 0 saturated carbocycles. The normalized spacial score (nSPS) is 18.3. The monoisotopic (exact) mass is 233 g/mol. The zero-order valence-corrected chi connectivity index (χ0v) is 9.98. The number of rotatable bonds is 6. The fourth-order valence-electron chi connectivity index (χ4n) is 1.08. The summed E-state index contributed by atoms with van der Waals surface area (Å²) in [5.74, 6) is -1.83. The fraction of sp³-hybridized carbons (Fsp3) is 0.800. The van der Waals surface area contributed by atoms with Crippen molar-refractivity contribution in [2.45, 2.75) is 44.9 Å². The van der Waals surface area contributed by atoms with Gasteiger partial charge in [-0.05, 0) is 20.3 Å². The lowest BCUT2D eigenvalue weighted by Gasteiger charge is -2.28. The topological polar surface area (TPSA) is 95.9 Å². The van der Waals surface area contributed by atoms with Crippen LogP contribution in [0, 0.1) is 0 Å². The van der Waals surface area contributed by atoms with Gasteiger partial charge in [-0.3, -0.25) is 4.79 Å². The first-order chi connectivity index (χ1) is 7.28. The molecule has 0 aliphatic carbocycles. The molecule has 3 N–H and O–H groups in total. The van der Waals surface area contributed by atoms with Crippen molar-refractivity contribution in [2.75, 3.05) is 7.11 Å². The molecular weight excluding hydrogens is 214 g/mol. The highest BCUT2D eigenvalue weighted by Crippen LogP contribution is 2.14. The number of carboxylic acids is 1. The van der Waals surface area contributed by atoms with E-state index < -0.39 is 29.6 Å². The smallest absolute Gasteiger partial charge is 0.328 e. The Bertz CT molecular complexity index is 260. The Morgan fingerprint density at radius 3 is 2.25 bits per heavy atom. The van der Waals surface area contributed by atoms with Crippen molar-refractivity contribution in [3.63, 3.8) is 0 Å². The van der Waals surface area contributed by atoms with Crippen LogP contribution in [0.25, 0.3) is 0 Å². The van der Waals surface area contributed by atoms with E-state index in [1.54, 1.807) is 13.8 Å². The van der Waals surface area contributed by atoms with E-state index in [-0.39, 0.29) is 0 Å². The molecule has 0 aliphatic heterocycles. The minimum Gasteiger partial charge on any atom is -0.480 e. The molecule has 0 fully saturated rings. The van der Waals surface area contributed by atoms with Crippen LogP contribution in [0.5, 0.6) is 0 Å². The van der Waals surface area contributed by atoms with Crippen LogP contribution in [-0.4, -0.2) is 46.9 Å². The summed E-state index contributed by atoms with van der Waals surface area (Å²) in [7, 11) is 1.38. The SMILES string of the molecule is CCC(C)(OC)C(=O)NC(C(=O)O)C(C)O. The van der Waals surface area contributed by atoms with Crippen molar-refractivity contribution < 1.29 is 24.5 Å². The van der Waals surface area contributed by atoms with Gasteiger partial charge in [-0.25, -0.2) is 4.79 Å². The Morgan fingerprint density at radius 2 is 2.00 bits per heavy atom. The average Bonchev–Trinajstić information content (AvgIpc) is 2.23. The quantitative estimate of drug-likeness (QED) is 0.588. The molecule has 16 heavy (non-hydrogen) atoms. The lowest BCUT2D eigenvalue weighted by molar-refractivity contribution is -0.151. The maximum absolute atomic E-state index is 11.7. The largest absolute Gasteiger partial charge is 0.480 e. The third-order valence-corrected chi connectivity index (χ3v) is 2.64. The Kier molecular flexibility index (Phi) is 5.40. The first-order valence-electron chi connectivity index (χ1n) is 5.05. The van der Waals surface area contributed by atoms with Gasteiger partial charge in [-0.15, -0.1) is 0 Å². The molecule has 0 heterocycles. The highest BCUT2D eigenvalue weighted by atomic mass is 16.5. The zero-order valence-electron chi connectivity index (χ0n) is 9.98. The summed E-state index contributed by atoms with van der Waals surface area (Å²) in [6, 6.07) is -1.33. The maximum Gasteiger partial charge on any atom is 0.328 e. The average molecular weight is 233 g/mol. The Hall–Kier alpha value is -1.14. The van der Waals surface area contributed by atoms with Gasteiger partial charge in [0.05, 0.1) is 6.10 Å². The standard InChI is InChI=1S/C10H19NO5/c1-5-10(3,16-4)9(15)11-7(6(2)12)8(13)14/h6-7,12H,5H2,1-4H3,(H,11,15)(H,13,14). The Balaban J connectivity index is 4.70. The Labute approximate surface area is 94.6 Å². The van der Waals surface area contributed by atoms with Crippen molar-refractivity contribution in [1.82, 2.24) is 5.32 Å². The third kappa shape index (κ3) is 3.46. The summed E-state index contributed by atoms with van der Waals surface area (Å²) in [5, 5.41) is 20.2. The first kappa shape index (κ1) is 14.9. The van der Waals surface area contributed by atoms with Crippen molar-refractivity contribution in [3.8, 4) is 0 Å². The van der Waals surface area contributed by atoms with Gasteiger partial charge in [0, 0.05) is 7.11 Å². The number of nitrogens with one attached hydrogen (secondary N) is 1. The van der Waals surface area contributed by atoms with Crippen LogP contribution in [0.4, 0.5) is 0 Å². The number of hydrogen-bond donors (Lipinski definition) is 3. The highest BCUT2D eigenvalue weighted by Gasteiger charge is 2.35. The summed E-state index contributed by atoms with van der Waals surface area (Å²) < 4.78 is 5.02. The molecule has 0 aromatic rings. The predicted octanol–water partition coefficient (Wildman–Crippen LogP) is -0.248. The molecule has 0 aromatic carbocycles. The van der Waals surface area contributed by atoms with Crippen LogP contribution in [0.2, 0.25) is 0 Å². The lowest BCUT2D eigenvalue weighted by atomic mass is 10.0. The van der Waals surface area contributed by atoms with Crippen molar-refractivity contribution in [1.29, 1.82) is 0 Å². The van der Waals surface area contributed by atoms with E-state index in [2.05, 4.69) is 5.32 Å². The van der Waals surface area contributed by atoms with Gasteiger partial charge in [-0.2, -0.15) is 0 Å². The fourth-order valence-corrected chi connectivity index (χ4v) is 1.08. The molecule has 6 nitrogen and oxygen atoms in total. The number of ether oxygens (including phenoxy) is 1. The summed E-state index contributed by atoms with van der Waals surface area (Å²) >= 11 is 0. The molecule has 0 rings (SSSR count). The van der Waals surface area contributed by atoms with Crippen molar-refractivity contribution >= 4 is 11.9 Å². The second kappa shape index (κ2) is 5.81. The number of methoxy groups -OCH3 is 1. The van der Waals surface area contributed by atoms with Crippen LogP contribution in [0.1, 0.15) is 27.2 Å². The molecular formula is C10H19NO5. The van der Waals surface area contributed by atoms with Gasteiger partial charge in [-0.1, -0.05) is 6.92 Å². The molecule has 0 radical (unpaired) electrons. The number of carbonyl (C=O) groups excluding carboxylic acids is 1. The van der Waals surface area contributed by atoms with E-state index in [4.69, 9.17) is 9.84 Å². The maximum atomic E-state index is 11.7. The zero-order chi connectivity index (χ0) is 12.9. The van der Waals surface area contributed by atoms with E-state index in [9.17, 15) is 14.7 Å².